The number of benzene rings is 3. The van der Waals surface area contributed by atoms with E-state index in [2.05, 4.69) is 47.9 Å². The van der Waals surface area contributed by atoms with E-state index in [1.807, 2.05) is 30.3 Å². The summed E-state index contributed by atoms with van der Waals surface area (Å²) in [6, 6.07) is 11.1. The molecule has 2 heterocycles. The van der Waals surface area contributed by atoms with E-state index in [1.54, 1.807) is 63.2 Å². The fourth-order valence-corrected chi connectivity index (χ4v) is 14.7. The van der Waals surface area contributed by atoms with Crippen molar-refractivity contribution in [1.29, 1.82) is 0 Å². The highest BCUT2D eigenvalue weighted by atomic mass is 33.1. The van der Waals surface area contributed by atoms with Gasteiger partial charge in [-0.1, -0.05) is 126 Å². The molecule has 2 aliphatic carbocycles. The topological polar surface area (TPSA) is 386 Å². The number of hydrogen-bond acceptors (Lipinski definition) is 18. The minimum absolute atomic E-state index is 0.000378. The largest absolute Gasteiger partial charge is 0.508 e. The number of imide groups is 1. The van der Waals surface area contributed by atoms with Gasteiger partial charge in [0, 0.05) is 74.4 Å². The Morgan fingerprint density at radius 1 is 0.683 bits per heavy atom. The number of unbranched alkanes of at least 4 members (excludes halogenated alkanes) is 4. The molecule has 12 N–H and O–H groups in total. The van der Waals surface area contributed by atoms with Crippen molar-refractivity contribution in [3.8, 4) is 5.75 Å². The zero-order valence-electron chi connectivity index (χ0n) is 58.1. The Morgan fingerprint density at radius 2 is 1.35 bits per heavy atom. The van der Waals surface area contributed by atoms with Gasteiger partial charge in [-0.15, -0.1) is 0 Å². The lowest BCUT2D eigenvalue weighted by atomic mass is 9.90. The number of nitrogens with one attached hydrogen (secondary N) is 9. The molecule has 2 aliphatic heterocycles. The first-order valence-electron chi connectivity index (χ1n) is 34.9. The van der Waals surface area contributed by atoms with Gasteiger partial charge < -0.3 is 67.9 Å². The predicted molar refractivity (Wildman–Crippen MR) is 382 cm³/mol. The molecule has 101 heavy (non-hydrogen) atoms. The highest BCUT2D eigenvalue weighted by Crippen LogP contribution is 2.32. The van der Waals surface area contributed by atoms with E-state index in [0.717, 1.165) is 69.7 Å². The number of amides is 11. The number of phenolic OH excluding ortho intramolecular Hbond substituents is 1. The zero-order chi connectivity index (χ0) is 73.2. The van der Waals surface area contributed by atoms with E-state index >= 15 is 14.4 Å². The van der Waals surface area contributed by atoms with Crippen LogP contribution in [0, 0.1) is 5.92 Å². The first-order valence-corrected chi connectivity index (χ1v) is 37.3. The Labute approximate surface area is 597 Å². The van der Waals surface area contributed by atoms with Gasteiger partial charge in [0.2, 0.25) is 35.4 Å². The standard InChI is InChI=1S/C73H98N10O16S2/c1-44(84)63(59(87)27-14-6-7-19-37-83-61(89)34-35-62(83)90)81-69(95)58-43-101-100-42-57(78-67(93)55(39-46-20-10-8-11-21-46)80-71(97)75-51-23-12-9-13-24-51)60(88)41-50(38-47-28-32-52(86)33-29-47)65(91)77-56(40-49-31-30-48-22-15-16-25-53(48)49)68(94)76-54(66(92)82-64(45(2)85)70(96)79-58)26-17-18-36-74-72(98)99-73(3,4)5/h8,10-11,15-16,20-22,25,28-29,31-35,44-45,50-51,54-58,63-64,84-86H,6-7,9,12-14,17-19,23-24,26-27,30,36-43H2,1-5H3,(H,74,98)(H,76,94)(H,77,91)(H,78,93)(H,79,96)(H,81,95)(H,82,92)(H2,75,80,97)/t44-,45-,50-,54+,55-,56-,57+,58+,63+,64+/m1/s1. The third-order valence-electron chi connectivity index (χ3n) is 17.8. The van der Waals surface area contributed by atoms with Crippen LogP contribution in [0.25, 0.3) is 5.57 Å². The number of aliphatic hydroxyl groups is 2. The van der Waals surface area contributed by atoms with Crippen LogP contribution in [0.5, 0.6) is 5.75 Å². The molecule has 0 unspecified atom stereocenters. The second-order valence-electron chi connectivity index (χ2n) is 27.2. The third kappa shape index (κ3) is 26.1. The van der Waals surface area contributed by atoms with E-state index in [-0.39, 0.29) is 81.3 Å². The van der Waals surface area contributed by atoms with Crippen molar-refractivity contribution in [1.82, 2.24) is 52.8 Å². The lowest BCUT2D eigenvalue weighted by Crippen LogP contribution is -2.62. The number of Topliss-reactive ketones (excluding diaryl/α,β-unsaturated/α-hetero) is 2. The Morgan fingerprint density at radius 3 is 2.04 bits per heavy atom. The van der Waals surface area contributed by atoms with Crippen molar-refractivity contribution in [3.05, 3.63) is 119 Å². The van der Waals surface area contributed by atoms with Gasteiger partial charge in [0.25, 0.3) is 11.8 Å². The molecule has 2 fully saturated rings. The van der Waals surface area contributed by atoms with Crippen molar-refractivity contribution < 1.29 is 77.6 Å². The average Bonchev–Trinajstić information content (AvgIpc) is 1.74. The van der Waals surface area contributed by atoms with Gasteiger partial charge in [-0.3, -0.25) is 52.8 Å². The monoisotopic (exact) mass is 1430 g/mol. The molecule has 7 rings (SSSR count). The molecule has 4 aliphatic rings. The van der Waals surface area contributed by atoms with Gasteiger partial charge in [0.05, 0.1) is 18.2 Å². The number of urea groups is 1. The number of phenols is 1. The lowest BCUT2D eigenvalue weighted by molar-refractivity contribution is -0.137. The Kier molecular flexibility index (Phi) is 31.2. The number of nitrogens with zero attached hydrogens (tertiary/aromatic N) is 1. The SMILES string of the molecule is C[C@@H](O)[C@H](NC(=O)[C@@H]1CSSC[C@H](NC(=O)[C@@H](Cc2ccccc2)NC(=O)NC2CCCCC2)C(=O)C[C@@H](Cc2ccc(O)cc2)C(=O)N[C@H](CC2=CCc3ccccc32)C(=O)N[C@@H](CCCCNC(=O)OC(C)(C)C)C(=O)N[C@@H]([C@@H](C)O)C(=O)N1)C(=O)CCCCCCN1C(=O)C=CC1=O. The molecular weight excluding hydrogens is 1340 g/mol. The quantitative estimate of drug-likeness (QED) is 0.0272. The maximum Gasteiger partial charge on any atom is 0.407 e. The van der Waals surface area contributed by atoms with Crippen molar-refractivity contribution in [3.63, 3.8) is 0 Å². The molecule has 0 spiro atoms. The van der Waals surface area contributed by atoms with Gasteiger partial charge in [-0.25, -0.2) is 9.59 Å². The molecule has 3 aromatic rings. The number of carbonyl (C=O) groups is 12. The summed E-state index contributed by atoms with van der Waals surface area (Å²) in [5.74, 6) is -9.39. The Bertz CT molecular complexity index is 3430. The van der Waals surface area contributed by atoms with Crippen LogP contribution in [0.3, 0.4) is 0 Å². The Hall–Kier alpha value is -8.60. The van der Waals surface area contributed by atoms with E-state index in [0.29, 0.717) is 48.8 Å². The summed E-state index contributed by atoms with van der Waals surface area (Å²) in [5, 5.41) is 57.6. The van der Waals surface area contributed by atoms with E-state index in [4.69, 9.17) is 4.74 Å². The molecule has 11 amide bonds. The minimum atomic E-state index is -1.82. The summed E-state index contributed by atoms with van der Waals surface area (Å²) in [6.45, 7) is 7.90. The maximum atomic E-state index is 15.4. The summed E-state index contributed by atoms with van der Waals surface area (Å²) in [7, 11) is 1.94. The normalized spacial score (nSPS) is 21.8. The second-order valence-corrected chi connectivity index (χ2v) is 29.8. The molecule has 26 nitrogen and oxygen atoms in total. The van der Waals surface area contributed by atoms with Gasteiger partial charge in [-0.2, -0.15) is 0 Å². The summed E-state index contributed by atoms with van der Waals surface area (Å²) in [4.78, 5) is 171. The van der Waals surface area contributed by atoms with Crippen LogP contribution in [0.1, 0.15) is 153 Å². The number of aromatic hydroxyl groups is 1. The van der Waals surface area contributed by atoms with Crippen LogP contribution >= 0.6 is 21.6 Å². The number of alkyl carbamates (subject to hydrolysis) is 1. The van der Waals surface area contributed by atoms with Gasteiger partial charge >= 0.3 is 12.1 Å². The summed E-state index contributed by atoms with van der Waals surface area (Å²) in [6.07, 6.45) is 6.58. The Balaban J connectivity index is 1.24. The number of allylic oxidation sites excluding steroid dienone is 1. The molecular formula is C73H98N10O16S2. The van der Waals surface area contributed by atoms with Crippen molar-refractivity contribution >= 4 is 98.1 Å². The van der Waals surface area contributed by atoms with Gasteiger partial charge in [0.15, 0.2) is 11.6 Å². The first kappa shape index (κ1) is 79.7. The summed E-state index contributed by atoms with van der Waals surface area (Å²) < 4.78 is 5.38. The summed E-state index contributed by atoms with van der Waals surface area (Å²) >= 11 is 0. The van der Waals surface area contributed by atoms with E-state index < -0.39 is 143 Å². The van der Waals surface area contributed by atoms with E-state index in [1.165, 1.54) is 38.1 Å². The predicted octanol–water partition coefficient (Wildman–Crippen LogP) is 4.99. The number of ether oxygens (including phenoxy) is 1. The fourth-order valence-electron chi connectivity index (χ4n) is 12.3. The number of carbonyl (C=O) groups excluding carboxylic acids is 12. The van der Waals surface area contributed by atoms with E-state index in [9.17, 15) is 58.5 Å². The number of aliphatic hydroxyl groups excluding tert-OH is 2. The fraction of sp³-hybridized carbons (Fsp3) is 0.534. The van der Waals surface area contributed by atoms with Crippen LogP contribution in [-0.2, 0) is 71.9 Å². The number of hydrogen-bond donors (Lipinski definition) is 12. The third-order valence-corrected chi connectivity index (χ3v) is 20.2. The molecule has 3 aromatic carbocycles. The highest BCUT2D eigenvalue weighted by molar-refractivity contribution is 8.76. The molecule has 28 heteroatoms. The summed E-state index contributed by atoms with van der Waals surface area (Å²) in [5.41, 5.74) is 2.84. The van der Waals surface area contributed by atoms with Crippen LogP contribution < -0.4 is 47.9 Å². The highest BCUT2D eigenvalue weighted by Gasteiger charge is 2.39. The molecule has 0 aromatic heterocycles. The second kappa shape index (κ2) is 39.6. The van der Waals surface area contributed by atoms with Crippen LogP contribution in [-0.4, -0.2) is 182 Å². The van der Waals surface area contributed by atoms with Gasteiger partial charge in [-0.05, 0) is 132 Å². The molecule has 0 bridgehead atoms. The molecule has 1 saturated carbocycles. The van der Waals surface area contributed by atoms with Crippen LogP contribution in [0.4, 0.5) is 9.59 Å². The zero-order valence-corrected chi connectivity index (χ0v) is 59.7. The smallest absolute Gasteiger partial charge is 0.407 e. The average molecular weight is 1440 g/mol. The molecule has 1 saturated heterocycles. The minimum Gasteiger partial charge on any atom is -0.508 e. The molecule has 0 radical (unpaired) electrons. The number of ketones is 2. The lowest BCUT2D eigenvalue weighted by Gasteiger charge is -2.29. The van der Waals surface area contributed by atoms with Crippen LogP contribution in [0.2, 0.25) is 0 Å². The number of fused-ring (bicyclic) bond motifs is 1. The first-order chi connectivity index (χ1) is 48.2. The maximum absolute atomic E-state index is 15.4. The van der Waals surface area contributed by atoms with Crippen molar-refractivity contribution in [2.45, 2.75) is 216 Å². The van der Waals surface area contributed by atoms with Crippen LogP contribution in [0.15, 0.2) is 97.1 Å². The molecule has 548 valence electrons. The van der Waals surface area contributed by atoms with Crippen molar-refractivity contribution in [2.75, 3.05) is 24.6 Å². The van der Waals surface area contributed by atoms with Gasteiger partial charge in [0.1, 0.15) is 47.6 Å². The molecule has 10 atom stereocenters. The number of rotatable bonds is 27. The van der Waals surface area contributed by atoms with Crippen molar-refractivity contribution in [2.24, 2.45) is 5.92 Å².